The van der Waals surface area contributed by atoms with E-state index in [1.807, 2.05) is 6.92 Å². The Hall–Kier alpha value is -4.44. The van der Waals surface area contributed by atoms with Crippen molar-refractivity contribution in [1.29, 1.82) is 0 Å². The number of rotatable bonds is 11. The summed E-state index contributed by atoms with van der Waals surface area (Å²) in [5.41, 5.74) is 2.17. The first-order valence-electron chi connectivity index (χ1n) is 14.3. The first kappa shape index (κ1) is 30.0. The fourth-order valence-electron chi connectivity index (χ4n) is 5.23. The number of benzene rings is 2. The first-order valence-corrected chi connectivity index (χ1v) is 15.1. The SMILES string of the molecule is C=CCOC(=O)c1sc(N2C(=O)C(=O)/C(=C(/O)c3ccc4c(c3)CC(C)O4)C2c2ccc(OCCCCC)cc2)nc1C. The van der Waals surface area contributed by atoms with Crippen LogP contribution in [0.1, 0.15) is 71.2 Å². The number of esters is 1. The Morgan fingerprint density at radius 2 is 1.98 bits per heavy atom. The molecule has 0 bridgehead atoms. The Morgan fingerprint density at radius 3 is 2.70 bits per heavy atom. The molecule has 2 unspecified atom stereocenters. The van der Waals surface area contributed by atoms with Gasteiger partial charge >= 0.3 is 11.9 Å². The maximum Gasteiger partial charge on any atom is 0.350 e. The predicted octanol–water partition coefficient (Wildman–Crippen LogP) is 6.31. The quantitative estimate of drug-likeness (QED) is 0.0678. The number of Topliss-reactive ketones (excluding diaryl/α,β-unsaturated/α-hetero) is 1. The Labute approximate surface area is 254 Å². The van der Waals surface area contributed by atoms with Crippen LogP contribution in [-0.4, -0.2) is 47.1 Å². The monoisotopic (exact) mass is 602 g/mol. The minimum absolute atomic E-state index is 0.00110. The number of fused-ring (bicyclic) bond motifs is 1. The van der Waals surface area contributed by atoms with Gasteiger partial charge in [0.05, 0.1) is 23.9 Å². The van der Waals surface area contributed by atoms with Gasteiger partial charge in [-0.05, 0) is 61.7 Å². The van der Waals surface area contributed by atoms with Crippen LogP contribution in [0.3, 0.4) is 0 Å². The minimum Gasteiger partial charge on any atom is -0.507 e. The van der Waals surface area contributed by atoms with Crippen LogP contribution in [0.4, 0.5) is 5.13 Å². The zero-order valence-corrected chi connectivity index (χ0v) is 25.2. The molecule has 1 saturated heterocycles. The highest BCUT2D eigenvalue weighted by atomic mass is 32.1. The maximum atomic E-state index is 13.6. The number of carbonyl (C=O) groups excluding carboxylic acids is 3. The maximum absolute atomic E-state index is 13.6. The number of hydrogen-bond acceptors (Lipinski definition) is 9. The number of hydrogen-bond donors (Lipinski definition) is 1. The van der Waals surface area contributed by atoms with E-state index in [1.165, 1.54) is 11.0 Å². The molecule has 0 saturated carbocycles. The molecule has 1 amide bonds. The second-order valence-corrected chi connectivity index (χ2v) is 11.5. The van der Waals surface area contributed by atoms with Gasteiger partial charge in [-0.15, -0.1) is 0 Å². The zero-order valence-electron chi connectivity index (χ0n) is 24.4. The summed E-state index contributed by atoms with van der Waals surface area (Å²) >= 11 is 0.952. The van der Waals surface area contributed by atoms with Crippen molar-refractivity contribution in [2.45, 2.75) is 58.6 Å². The van der Waals surface area contributed by atoms with Crippen LogP contribution in [0.25, 0.3) is 5.76 Å². The normalized spacial score (nSPS) is 18.8. The van der Waals surface area contributed by atoms with Crippen LogP contribution in [-0.2, 0) is 20.7 Å². The van der Waals surface area contributed by atoms with E-state index >= 15 is 0 Å². The van der Waals surface area contributed by atoms with Crippen LogP contribution >= 0.6 is 11.3 Å². The number of thiazole rings is 1. The van der Waals surface area contributed by atoms with E-state index in [0.29, 0.717) is 35.6 Å². The number of aliphatic hydroxyl groups excluding tert-OH is 1. The first-order chi connectivity index (χ1) is 20.7. The van der Waals surface area contributed by atoms with Crippen molar-refractivity contribution >= 4 is 39.9 Å². The number of ketones is 1. The summed E-state index contributed by atoms with van der Waals surface area (Å²) in [5, 5.41) is 11.7. The third kappa shape index (κ3) is 6.06. The van der Waals surface area contributed by atoms with E-state index in [4.69, 9.17) is 14.2 Å². The summed E-state index contributed by atoms with van der Waals surface area (Å²) in [6, 6.07) is 11.3. The van der Waals surface area contributed by atoms with Crippen molar-refractivity contribution in [3.63, 3.8) is 0 Å². The van der Waals surface area contributed by atoms with Crippen molar-refractivity contribution < 1.29 is 33.7 Å². The van der Waals surface area contributed by atoms with Gasteiger partial charge in [0.25, 0.3) is 5.78 Å². The number of aromatic nitrogens is 1. The predicted molar refractivity (Wildman–Crippen MR) is 164 cm³/mol. The van der Waals surface area contributed by atoms with Crippen LogP contribution in [0.2, 0.25) is 0 Å². The molecule has 224 valence electrons. The van der Waals surface area contributed by atoms with E-state index in [2.05, 4.69) is 18.5 Å². The summed E-state index contributed by atoms with van der Waals surface area (Å²) in [6.07, 6.45) is 5.20. The van der Waals surface area contributed by atoms with Gasteiger partial charge in [0, 0.05) is 12.0 Å². The molecule has 0 spiro atoms. The molecule has 1 fully saturated rings. The van der Waals surface area contributed by atoms with Crippen LogP contribution in [0, 0.1) is 6.92 Å². The molecule has 9 nitrogen and oxygen atoms in total. The highest BCUT2D eigenvalue weighted by Crippen LogP contribution is 2.44. The molecule has 43 heavy (non-hydrogen) atoms. The van der Waals surface area contributed by atoms with Gasteiger partial charge in [-0.3, -0.25) is 14.5 Å². The molecule has 1 aromatic heterocycles. The van der Waals surface area contributed by atoms with Gasteiger partial charge in [-0.1, -0.05) is 55.9 Å². The molecule has 2 aromatic carbocycles. The molecule has 2 aliphatic rings. The average molecular weight is 603 g/mol. The number of aliphatic hydroxyl groups is 1. The Kier molecular flexibility index (Phi) is 8.96. The van der Waals surface area contributed by atoms with E-state index < -0.39 is 23.7 Å². The van der Waals surface area contributed by atoms with Gasteiger partial charge < -0.3 is 19.3 Å². The fourth-order valence-corrected chi connectivity index (χ4v) is 6.22. The molecule has 2 atom stereocenters. The number of aryl methyl sites for hydroxylation is 1. The average Bonchev–Trinajstić information content (AvgIpc) is 3.65. The molecule has 10 heteroatoms. The van der Waals surface area contributed by atoms with E-state index in [0.717, 1.165) is 41.9 Å². The molecule has 0 radical (unpaired) electrons. The van der Waals surface area contributed by atoms with Crippen LogP contribution in [0.5, 0.6) is 11.5 Å². The van der Waals surface area contributed by atoms with Crippen molar-refractivity contribution in [1.82, 2.24) is 4.98 Å². The second-order valence-electron chi connectivity index (χ2n) is 10.5. The van der Waals surface area contributed by atoms with Gasteiger partial charge in [0.2, 0.25) is 0 Å². The molecule has 2 aliphatic heterocycles. The van der Waals surface area contributed by atoms with Gasteiger partial charge in [0.1, 0.15) is 34.8 Å². The van der Waals surface area contributed by atoms with Gasteiger partial charge in [-0.25, -0.2) is 9.78 Å². The fraction of sp³-hybridized carbons (Fsp3) is 0.333. The minimum atomic E-state index is -1.000. The highest BCUT2D eigenvalue weighted by molar-refractivity contribution is 7.17. The Balaban J connectivity index is 1.58. The Morgan fingerprint density at radius 1 is 1.21 bits per heavy atom. The lowest BCUT2D eigenvalue weighted by Crippen LogP contribution is -2.29. The summed E-state index contributed by atoms with van der Waals surface area (Å²) < 4.78 is 16.8. The molecular weight excluding hydrogens is 568 g/mol. The smallest absolute Gasteiger partial charge is 0.350 e. The third-order valence-electron chi connectivity index (χ3n) is 7.34. The highest BCUT2D eigenvalue weighted by Gasteiger charge is 2.48. The molecule has 3 aromatic rings. The van der Waals surface area contributed by atoms with Crippen LogP contribution < -0.4 is 14.4 Å². The third-order valence-corrected chi connectivity index (χ3v) is 8.47. The largest absolute Gasteiger partial charge is 0.507 e. The second kappa shape index (κ2) is 12.8. The zero-order chi connectivity index (χ0) is 30.7. The number of carbonyl (C=O) groups is 3. The van der Waals surface area contributed by atoms with Crippen molar-refractivity contribution in [2.75, 3.05) is 18.1 Å². The van der Waals surface area contributed by atoms with Gasteiger partial charge in [-0.2, -0.15) is 0 Å². The number of anilines is 1. The molecule has 1 N–H and O–H groups in total. The lowest BCUT2D eigenvalue weighted by molar-refractivity contribution is -0.132. The van der Waals surface area contributed by atoms with Crippen molar-refractivity contribution in [3.8, 4) is 11.5 Å². The summed E-state index contributed by atoms with van der Waals surface area (Å²) in [6.45, 7) is 9.87. The standard InChI is InChI=1S/C33H34N2O7S/c1-5-7-8-16-40-24-12-9-21(10-13-24)27-26(28(36)22-11-14-25-23(18-22)17-19(3)42-25)29(37)31(38)35(27)33-34-20(4)30(43-33)32(39)41-15-6-2/h6,9-14,18-19,27,36H,2,5,7-8,15-17H2,1,3-4H3/b28-26+. The summed E-state index contributed by atoms with van der Waals surface area (Å²) in [5.74, 6) is -1.23. The van der Waals surface area contributed by atoms with E-state index in [-0.39, 0.29) is 34.1 Å². The molecular formula is C33H34N2O7S. The number of ether oxygens (including phenoxy) is 3. The van der Waals surface area contributed by atoms with E-state index in [1.54, 1.807) is 49.4 Å². The summed E-state index contributed by atoms with van der Waals surface area (Å²) in [7, 11) is 0. The summed E-state index contributed by atoms with van der Waals surface area (Å²) in [4.78, 5) is 45.8. The lowest BCUT2D eigenvalue weighted by Gasteiger charge is -2.23. The molecule has 0 aliphatic carbocycles. The van der Waals surface area contributed by atoms with Crippen molar-refractivity contribution in [3.05, 3.63) is 88.0 Å². The molecule has 5 rings (SSSR count). The van der Waals surface area contributed by atoms with Crippen LogP contribution in [0.15, 0.2) is 60.7 Å². The Bertz CT molecular complexity index is 1590. The number of nitrogens with zero attached hydrogens (tertiary/aromatic N) is 2. The van der Waals surface area contributed by atoms with E-state index in [9.17, 15) is 19.5 Å². The lowest BCUT2D eigenvalue weighted by atomic mass is 9.94. The number of unbranched alkanes of at least 4 members (excludes halogenated alkanes) is 2. The molecule has 3 heterocycles. The number of amides is 1. The topological polar surface area (TPSA) is 115 Å². The van der Waals surface area contributed by atoms with Gasteiger partial charge in [0.15, 0.2) is 5.13 Å². The van der Waals surface area contributed by atoms with Crippen molar-refractivity contribution in [2.24, 2.45) is 0 Å².